The SMILES string of the molecule is CCCCCCCC(=O)N(C)CCS(=O)(=O)[O-].[Na+]. The molecule has 0 rings (SSSR count). The fourth-order valence-electron chi connectivity index (χ4n) is 1.44. The zero-order valence-electron chi connectivity index (χ0n) is 11.6. The van der Waals surface area contributed by atoms with Crippen LogP contribution in [0.4, 0.5) is 0 Å². The van der Waals surface area contributed by atoms with Crippen molar-refractivity contribution < 1.29 is 47.3 Å². The largest absolute Gasteiger partial charge is 1.00 e. The first-order valence-electron chi connectivity index (χ1n) is 6.04. The van der Waals surface area contributed by atoms with Gasteiger partial charge in [-0.15, -0.1) is 0 Å². The Hall–Kier alpha value is 0.380. The molecule has 0 N–H and O–H groups in total. The van der Waals surface area contributed by atoms with Crippen molar-refractivity contribution in [2.45, 2.75) is 45.4 Å². The van der Waals surface area contributed by atoms with E-state index in [-0.39, 0.29) is 42.0 Å². The Morgan fingerprint density at radius 3 is 2.22 bits per heavy atom. The third-order valence-electron chi connectivity index (χ3n) is 2.60. The maximum absolute atomic E-state index is 11.5. The van der Waals surface area contributed by atoms with Gasteiger partial charge in [0.15, 0.2) is 0 Å². The first kappa shape index (κ1) is 20.7. The summed E-state index contributed by atoms with van der Waals surface area (Å²) < 4.78 is 31.2. The molecule has 0 unspecified atom stereocenters. The molecule has 0 atom stereocenters. The molecule has 0 aromatic heterocycles. The summed E-state index contributed by atoms with van der Waals surface area (Å²) in [6, 6.07) is 0. The van der Waals surface area contributed by atoms with Gasteiger partial charge in [0.1, 0.15) is 0 Å². The molecule has 5 nitrogen and oxygen atoms in total. The second-order valence-electron chi connectivity index (χ2n) is 4.24. The van der Waals surface area contributed by atoms with Gasteiger partial charge in [0.25, 0.3) is 0 Å². The molecule has 0 radical (unpaired) electrons. The van der Waals surface area contributed by atoms with Crippen molar-refractivity contribution in [2.75, 3.05) is 19.3 Å². The van der Waals surface area contributed by atoms with Gasteiger partial charge in [-0.1, -0.05) is 32.6 Å². The minimum atomic E-state index is -4.23. The summed E-state index contributed by atoms with van der Waals surface area (Å²) in [5.41, 5.74) is 0. The van der Waals surface area contributed by atoms with E-state index >= 15 is 0 Å². The van der Waals surface area contributed by atoms with Gasteiger partial charge in [0, 0.05) is 20.0 Å². The molecule has 7 heteroatoms. The van der Waals surface area contributed by atoms with Crippen molar-refractivity contribution in [1.82, 2.24) is 4.90 Å². The van der Waals surface area contributed by atoms with Gasteiger partial charge < -0.3 is 9.45 Å². The Bertz CT molecular complexity index is 319. The number of unbranched alkanes of at least 4 members (excludes halogenated alkanes) is 4. The van der Waals surface area contributed by atoms with Gasteiger partial charge in [-0.05, 0) is 6.42 Å². The minimum absolute atomic E-state index is 0. The molecule has 0 aromatic carbocycles. The van der Waals surface area contributed by atoms with Crippen LogP contribution in [0.5, 0.6) is 0 Å². The molecule has 1 amide bonds. The van der Waals surface area contributed by atoms with E-state index in [0.717, 1.165) is 25.7 Å². The maximum atomic E-state index is 11.5. The second-order valence-corrected chi connectivity index (χ2v) is 5.76. The van der Waals surface area contributed by atoms with Crippen molar-refractivity contribution in [1.29, 1.82) is 0 Å². The number of hydrogen-bond acceptors (Lipinski definition) is 4. The third-order valence-corrected chi connectivity index (χ3v) is 3.28. The normalized spacial score (nSPS) is 10.8. The molecule has 0 heterocycles. The molecule has 0 aromatic rings. The molecule has 0 saturated heterocycles. The van der Waals surface area contributed by atoms with E-state index in [1.165, 1.54) is 18.4 Å². The molecule has 0 spiro atoms. The first-order valence-corrected chi connectivity index (χ1v) is 7.62. The molecular formula is C11H22NNaO4S. The Morgan fingerprint density at radius 2 is 1.72 bits per heavy atom. The summed E-state index contributed by atoms with van der Waals surface area (Å²) in [6.07, 6.45) is 5.75. The summed E-state index contributed by atoms with van der Waals surface area (Å²) >= 11 is 0. The van der Waals surface area contributed by atoms with E-state index in [0.29, 0.717) is 6.42 Å². The van der Waals surface area contributed by atoms with Crippen LogP contribution in [0, 0.1) is 0 Å². The van der Waals surface area contributed by atoms with E-state index in [2.05, 4.69) is 6.92 Å². The zero-order chi connectivity index (χ0) is 13.3. The molecule has 0 fully saturated rings. The Morgan fingerprint density at radius 1 is 1.17 bits per heavy atom. The van der Waals surface area contributed by atoms with E-state index in [4.69, 9.17) is 0 Å². The van der Waals surface area contributed by atoms with E-state index in [1.54, 1.807) is 0 Å². The van der Waals surface area contributed by atoms with Gasteiger partial charge in [0.05, 0.1) is 15.9 Å². The van der Waals surface area contributed by atoms with Crippen LogP contribution in [0.1, 0.15) is 45.4 Å². The van der Waals surface area contributed by atoms with Gasteiger partial charge in [-0.25, -0.2) is 8.42 Å². The number of rotatable bonds is 9. The van der Waals surface area contributed by atoms with Gasteiger partial charge in [0.2, 0.25) is 5.91 Å². The molecule has 0 saturated carbocycles. The quantitative estimate of drug-likeness (QED) is 0.289. The van der Waals surface area contributed by atoms with E-state index in [9.17, 15) is 17.8 Å². The van der Waals surface area contributed by atoms with Crippen LogP contribution in [0.3, 0.4) is 0 Å². The summed E-state index contributed by atoms with van der Waals surface area (Å²) in [6.45, 7) is 2.11. The zero-order valence-corrected chi connectivity index (χ0v) is 14.5. The van der Waals surface area contributed by atoms with Gasteiger partial charge in [-0.2, -0.15) is 0 Å². The number of carbonyl (C=O) groups excluding carboxylic acids is 1. The second kappa shape index (κ2) is 11.2. The fourth-order valence-corrected chi connectivity index (χ4v) is 1.94. The standard InChI is InChI=1S/C11H23NO4S.Na/c1-3-4-5-6-7-8-11(13)12(2)9-10-17(14,15)16;/h3-10H2,1-2H3,(H,14,15,16);/q;+1/p-1. The monoisotopic (exact) mass is 287 g/mol. The smallest absolute Gasteiger partial charge is 0.748 e. The average Bonchev–Trinajstić information content (AvgIpc) is 2.24. The predicted octanol–water partition coefficient (Wildman–Crippen LogP) is -1.65. The van der Waals surface area contributed by atoms with Crippen LogP contribution >= 0.6 is 0 Å². The van der Waals surface area contributed by atoms with E-state index in [1.807, 2.05) is 0 Å². The molecule has 18 heavy (non-hydrogen) atoms. The van der Waals surface area contributed by atoms with Crippen molar-refractivity contribution in [2.24, 2.45) is 0 Å². The van der Waals surface area contributed by atoms with Crippen molar-refractivity contribution in [3.63, 3.8) is 0 Å². The number of hydrogen-bond donors (Lipinski definition) is 0. The van der Waals surface area contributed by atoms with Crippen LogP contribution in [-0.4, -0.2) is 43.1 Å². The average molecular weight is 287 g/mol. The number of nitrogens with zero attached hydrogens (tertiary/aromatic N) is 1. The van der Waals surface area contributed by atoms with Gasteiger partial charge in [-0.3, -0.25) is 4.79 Å². The molecule has 0 aliphatic rings. The molecule has 0 aliphatic carbocycles. The molecule has 102 valence electrons. The molecule has 0 bridgehead atoms. The number of carbonyl (C=O) groups is 1. The van der Waals surface area contributed by atoms with Crippen LogP contribution in [0.25, 0.3) is 0 Å². The van der Waals surface area contributed by atoms with Crippen molar-refractivity contribution in [3.8, 4) is 0 Å². The van der Waals surface area contributed by atoms with Crippen LogP contribution in [-0.2, 0) is 14.9 Å². The minimum Gasteiger partial charge on any atom is -0.748 e. The summed E-state index contributed by atoms with van der Waals surface area (Å²) in [5.74, 6) is -0.601. The summed E-state index contributed by atoms with van der Waals surface area (Å²) in [7, 11) is -2.70. The summed E-state index contributed by atoms with van der Waals surface area (Å²) in [5, 5.41) is 0. The Labute approximate surface area is 132 Å². The third kappa shape index (κ3) is 12.8. The van der Waals surface area contributed by atoms with Gasteiger partial charge >= 0.3 is 29.6 Å². The Kier molecular flexibility index (Phi) is 12.9. The number of amides is 1. The Balaban J connectivity index is 0. The first-order chi connectivity index (χ1) is 7.87. The maximum Gasteiger partial charge on any atom is 1.00 e. The van der Waals surface area contributed by atoms with Crippen molar-refractivity contribution in [3.05, 3.63) is 0 Å². The van der Waals surface area contributed by atoms with Crippen LogP contribution in [0.15, 0.2) is 0 Å². The topological polar surface area (TPSA) is 77.5 Å². The van der Waals surface area contributed by atoms with Crippen LogP contribution in [0.2, 0.25) is 0 Å². The summed E-state index contributed by atoms with van der Waals surface area (Å²) in [4.78, 5) is 12.8. The van der Waals surface area contributed by atoms with E-state index < -0.39 is 15.9 Å². The molecule has 0 aliphatic heterocycles. The predicted molar refractivity (Wildman–Crippen MR) is 65.6 cm³/mol. The molecular weight excluding hydrogens is 265 g/mol. The van der Waals surface area contributed by atoms with Crippen molar-refractivity contribution >= 4 is 16.0 Å². The van der Waals surface area contributed by atoms with Crippen LogP contribution < -0.4 is 29.6 Å². The fraction of sp³-hybridized carbons (Fsp3) is 0.909.